The molecule has 0 aromatic heterocycles. The van der Waals surface area contributed by atoms with Crippen molar-refractivity contribution in [2.75, 3.05) is 6.61 Å². The van der Waals surface area contributed by atoms with Crippen LogP contribution >= 0.6 is 0 Å². The molecule has 0 atom stereocenters. The zero-order valence-electron chi connectivity index (χ0n) is 7.13. The lowest BCUT2D eigenvalue weighted by Crippen LogP contribution is -2.19. The van der Waals surface area contributed by atoms with E-state index >= 15 is 0 Å². The van der Waals surface area contributed by atoms with E-state index in [1.807, 2.05) is 6.92 Å². The van der Waals surface area contributed by atoms with E-state index in [1.165, 1.54) is 10.8 Å². The van der Waals surface area contributed by atoms with Crippen LogP contribution in [0.2, 0.25) is 0 Å². The molecule has 0 radical (unpaired) electrons. The molecule has 0 fully saturated rings. The number of aryl methyl sites for hydroxylation is 1. The lowest BCUT2D eigenvalue weighted by Gasteiger charge is -2.03. The Morgan fingerprint density at radius 2 is 2.09 bits per heavy atom. The molecule has 0 aliphatic heterocycles. The summed E-state index contributed by atoms with van der Waals surface area (Å²) in [5.74, 6) is 0. The van der Waals surface area contributed by atoms with Gasteiger partial charge in [0.25, 0.3) is 0 Å². The third-order valence-electron chi connectivity index (χ3n) is 1.72. The van der Waals surface area contributed by atoms with Crippen LogP contribution in [0.25, 0.3) is 0 Å². The Kier molecular flexibility index (Phi) is 3.33. The fraction of sp³-hybridized carbons (Fsp3) is 0.333. The predicted molar refractivity (Wildman–Crippen MR) is 51.0 cm³/mol. The highest BCUT2D eigenvalue weighted by atomic mass is 28.2. The standard InChI is InChI=1S/C9H14OSi/c1-3-10-11-9-7-5-4-6-8(9)2/h4-7H,3,11H2,1-2H3. The highest BCUT2D eigenvalue weighted by Crippen LogP contribution is 1.91. The van der Waals surface area contributed by atoms with Gasteiger partial charge in [0, 0.05) is 6.61 Å². The molecule has 1 nitrogen and oxygen atoms in total. The summed E-state index contributed by atoms with van der Waals surface area (Å²) in [5, 5.41) is 1.43. The minimum atomic E-state index is -0.440. The fourth-order valence-corrected chi connectivity index (χ4v) is 1.99. The summed E-state index contributed by atoms with van der Waals surface area (Å²) in [7, 11) is -0.440. The molecule has 1 aromatic carbocycles. The Morgan fingerprint density at radius 3 is 2.73 bits per heavy atom. The van der Waals surface area contributed by atoms with Crippen LogP contribution in [0.4, 0.5) is 0 Å². The molecule has 2 heteroatoms. The highest BCUT2D eigenvalue weighted by molar-refractivity contribution is 6.47. The summed E-state index contributed by atoms with van der Waals surface area (Å²) in [4.78, 5) is 0. The van der Waals surface area contributed by atoms with Crippen LogP contribution in [0, 0.1) is 6.92 Å². The summed E-state index contributed by atoms with van der Waals surface area (Å²) in [6.45, 7) is 5.03. The van der Waals surface area contributed by atoms with Gasteiger partial charge in [-0.1, -0.05) is 29.8 Å². The Bertz CT molecular complexity index is 223. The minimum absolute atomic E-state index is 0.440. The molecule has 0 saturated carbocycles. The minimum Gasteiger partial charge on any atom is -0.419 e. The maximum Gasteiger partial charge on any atom is 0.192 e. The van der Waals surface area contributed by atoms with Crippen molar-refractivity contribution in [2.24, 2.45) is 0 Å². The van der Waals surface area contributed by atoms with Crippen LogP contribution in [-0.4, -0.2) is 16.4 Å². The summed E-state index contributed by atoms with van der Waals surface area (Å²) < 4.78 is 5.44. The number of benzene rings is 1. The molecule has 0 spiro atoms. The van der Waals surface area contributed by atoms with Gasteiger partial charge in [0.15, 0.2) is 9.76 Å². The van der Waals surface area contributed by atoms with Crippen molar-refractivity contribution >= 4 is 14.9 Å². The van der Waals surface area contributed by atoms with E-state index in [9.17, 15) is 0 Å². The average molecular weight is 166 g/mol. The van der Waals surface area contributed by atoms with Crippen molar-refractivity contribution in [3.8, 4) is 0 Å². The van der Waals surface area contributed by atoms with E-state index in [2.05, 4.69) is 31.2 Å². The van der Waals surface area contributed by atoms with E-state index in [0.717, 1.165) is 6.61 Å². The monoisotopic (exact) mass is 166 g/mol. The molecule has 1 rings (SSSR count). The largest absolute Gasteiger partial charge is 0.419 e. The molecule has 0 unspecified atom stereocenters. The Labute approximate surface area is 70.3 Å². The molecule has 0 aliphatic carbocycles. The van der Waals surface area contributed by atoms with Crippen molar-refractivity contribution in [3.05, 3.63) is 29.8 Å². The highest BCUT2D eigenvalue weighted by Gasteiger charge is 1.95. The van der Waals surface area contributed by atoms with Gasteiger partial charge in [-0.05, 0) is 19.0 Å². The van der Waals surface area contributed by atoms with Gasteiger partial charge in [-0.25, -0.2) is 0 Å². The molecule has 0 N–H and O–H groups in total. The second kappa shape index (κ2) is 4.31. The van der Waals surface area contributed by atoms with Gasteiger partial charge in [0.1, 0.15) is 0 Å². The molecule has 1 aromatic rings. The fourth-order valence-electron chi connectivity index (χ4n) is 0.984. The normalized spacial score (nSPS) is 11.1. The van der Waals surface area contributed by atoms with Gasteiger partial charge in [-0.2, -0.15) is 0 Å². The summed E-state index contributed by atoms with van der Waals surface area (Å²) >= 11 is 0. The summed E-state index contributed by atoms with van der Waals surface area (Å²) in [6.07, 6.45) is 0. The van der Waals surface area contributed by atoms with Gasteiger partial charge in [0.05, 0.1) is 0 Å². The van der Waals surface area contributed by atoms with Crippen LogP contribution in [0.3, 0.4) is 0 Å². The Morgan fingerprint density at radius 1 is 1.36 bits per heavy atom. The van der Waals surface area contributed by atoms with Crippen molar-refractivity contribution in [1.82, 2.24) is 0 Å². The second-order valence-electron chi connectivity index (χ2n) is 2.56. The summed E-state index contributed by atoms with van der Waals surface area (Å²) in [6, 6.07) is 8.45. The third-order valence-corrected chi connectivity index (χ3v) is 3.44. The molecule has 0 bridgehead atoms. The zero-order valence-corrected chi connectivity index (χ0v) is 8.55. The van der Waals surface area contributed by atoms with Crippen LogP contribution < -0.4 is 5.19 Å². The molecular formula is C9H14OSi. The van der Waals surface area contributed by atoms with E-state index in [4.69, 9.17) is 4.43 Å². The third kappa shape index (κ3) is 2.48. The van der Waals surface area contributed by atoms with E-state index in [1.54, 1.807) is 0 Å². The van der Waals surface area contributed by atoms with Crippen molar-refractivity contribution in [3.63, 3.8) is 0 Å². The SMILES string of the molecule is CCO[SiH2]c1ccccc1C. The van der Waals surface area contributed by atoms with E-state index in [-0.39, 0.29) is 0 Å². The van der Waals surface area contributed by atoms with Gasteiger partial charge in [-0.3, -0.25) is 0 Å². The number of rotatable bonds is 3. The topological polar surface area (TPSA) is 9.23 Å². The Hall–Kier alpha value is -0.603. The first-order valence-corrected chi connectivity index (χ1v) is 5.25. The number of hydrogen-bond donors (Lipinski definition) is 0. The Balaban J connectivity index is 2.62. The van der Waals surface area contributed by atoms with Crippen molar-refractivity contribution < 1.29 is 4.43 Å². The molecular weight excluding hydrogens is 152 g/mol. The van der Waals surface area contributed by atoms with Crippen LogP contribution in [0.1, 0.15) is 12.5 Å². The maximum atomic E-state index is 5.44. The van der Waals surface area contributed by atoms with Gasteiger partial charge in [-0.15, -0.1) is 0 Å². The lowest BCUT2D eigenvalue weighted by molar-refractivity contribution is 0.367. The first-order valence-electron chi connectivity index (χ1n) is 3.97. The van der Waals surface area contributed by atoms with E-state index in [0.29, 0.717) is 0 Å². The molecule has 0 aliphatic rings. The average Bonchev–Trinajstić information content (AvgIpc) is 2.03. The molecule has 0 heterocycles. The van der Waals surface area contributed by atoms with Crippen LogP contribution in [0.15, 0.2) is 24.3 Å². The van der Waals surface area contributed by atoms with Gasteiger partial charge in [0.2, 0.25) is 0 Å². The summed E-state index contributed by atoms with van der Waals surface area (Å²) in [5.41, 5.74) is 1.37. The maximum absolute atomic E-state index is 5.44. The van der Waals surface area contributed by atoms with Gasteiger partial charge >= 0.3 is 0 Å². The molecule has 0 saturated heterocycles. The smallest absolute Gasteiger partial charge is 0.192 e. The molecule has 11 heavy (non-hydrogen) atoms. The second-order valence-corrected chi connectivity index (χ2v) is 4.02. The predicted octanol–water partition coefficient (Wildman–Crippen LogP) is 0.741. The van der Waals surface area contributed by atoms with Crippen LogP contribution in [-0.2, 0) is 4.43 Å². The van der Waals surface area contributed by atoms with Crippen LogP contribution in [0.5, 0.6) is 0 Å². The lowest BCUT2D eigenvalue weighted by atomic mass is 10.2. The van der Waals surface area contributed by atoms with E-state index < -0.39 is 9.76 Å². The molecule has 0 amide bonds. The zero-order chi connectivity index (χ0) is 8.10. The van der Waals surface area contributed by atoms with Crippen molar-refractivity contribution in [1.29, 1.82) is 0 Å². The quantitative estimate of drug-likeness (QED) is 0.602. The first kappa shape index (κ1) is 8.49. The van der Waals surface area contributed by atoms with Gasteiger partial charge < -0.3 is 4.43 Å². The number of hydrogen-bond acceptors (Lipinski definition) is 1. The first-order chi connectivity index (χ1) is 5.34. The molecule has 60 valence electrons. The van der Waals surface area contributed by atoms with Crippen molar-refractivity contribution in [2.45, 2.75) is 13.8 Å².